The maximum Gasteiger partial charge on any atom is 0.333 e. The molecule has 0 saturated heterocycles. The third-order valence-corrected chi connectivity index (χ3v) is 14.8. The molecule has 0 atom stereocenters. The molecule has 0 saturated carbocycles. The van der Waals surface area contributed by atoms with Crippen molar-refractivity contribution in [3.8, 4) is 11.1 Å². The molecule has 0 bridgehead atoms. The molecule has 9 aromatic rings. The first-order chi connectivity index (χ1) is 29.6. The van der Waals surface area contributed by atoms with Crippen LogP contribution in [-0.2, 0) is 0 Å². The summed E-state index contributed by atoms with van der Waals surface area (Å²) in [5, 5.41) is 2.52. The minimum atomic E-state index is -0.136. The molecule has 0 aromatic heterocycles. The first-order valence-corrected chi connectivity index (χ1v) is 22.2. The van der Waals surface area contributed by atoms with E-state index in [9.17, 15) is 0 Å². The van der Waals surface area contributed by atoms with Crippen molar-refractivity contribution in [2.45, 2.75) is 33.4 Å². The van der Waals surface area contributed by atoms with Gasteiger partial charge in [0.25, 0.3) is 0 Å². The summed E-state index contributed by atoms with van der Waals surface area (Å²) in [6.07, 6.45) is 0. The molecule has 12 rings (SSSR count). The van der Waals surface area contributed by atoms with Crippen LogP contribution < -0.4 is 25.5 Å². The molecule has 3 heterocycles. The SMILES string of the molecule is Cc1ccccc1N1B2c3cc(N(c4ccccc4)c4ccccc4)ccc3N(c3ccccc3C)c3cc4ccccc4c(c32)-c2cc3c(cc21)Sc1ccccc1S3. The van der Waals surface area contributed by atoms with Gasteiger partial charge in [-0.2, -0.15) is 0 Å². The lowest BCUT2D eigenvalue weighted by Crippen LogP contribution is -2.61. The molecule has 0 fully saturated rings. The number of aryl methyl sites for hydroxylation is 2. The summed E-state index contributed by atoms with van der Waals surface area (Å²) in [4.78, 5) is 12.8. The topological polar surface area (TPSA) is 9.72 Å². The van der Waals surface area contributed by atoms with Crippen LogP contribution in [0.1, 0.15) is 11.1 Å². The largest absolute Gasteiger partial charge is 0.376 e. The fraction of sp³-hybridized carbons (Fsp3) is 0.0370. The summed E-state index contributed by atoms with van der Waals surface area (Å²) in [5.74, 6) is 0. The van der Waals surface area contributed by atoms with Gasteiger partial charge >= 0.3 is 6.85 Å². The van der Waals surface area contributed by atoms with Crippen molar-refractivity contribution in [2.24, 2.45) is 0 Å². The Hall–Kier alpha value is -6.60. The number of rotatable bonds is 5. The summed E-state index contributed by atoms with van der Waals surface area (Å²) in [7, 11) is 0. The maximum atomic E-state index is 2.67. The highest BCUT2D eigenvalue weighted by atomic mass is 32.2. The van der Waals surface area contributed by atoms with E-state index >= 15 is 0 Å². The van der Waals surface area contributed by atoms with Crippen LogP contribution in [0.25, 0.3) is 21.9 Å². The molecule has 60 heavy (non-hydrogen) atoms. The highest BCUT2D eigenvalue weighted by Crippen LogP contribution is 2.56. The fourth-order valence-electron chi connectivity index (χ4n) is 9.64. The molecule has 3 aliphatic rings. The first-order valence-electron chi connectivity index (χ1n) is 20.5. The van der Waals surface area contributed by atoms with E-state index in [1.54, 1.807) is 0 Å². The average molecular weight is 804 g/mol. The lowest BCUT2D eigenvalue weighted by molar-refractivity contribution is 1.15. The van der Waals surface area contributed by atoms with E-state index < -0.39 is 0 Å². The second-order valence-electron chi connectivity index (χ2n) is 15.8. The molecular weight excluding hydrogens is 766 g/mol. The van der Waals surface area contributed by atoms with Gasteiger partial charge in [0.15, 0.2) is 0 Å². The third-order valence-electron chi connectivity index (χ3n) is 12.3. The molecule has 0 N–H and O–H groups in total. The molecule has 6 heteroatoms. The van der Waals surface area contributed by atoms with Gasteiger partial charge in [0.2, 0.25) is 0 Å². The van der Waals surface area contributed by atoms with Crippen molar-refractivity contribution in [1.29, 1.82) is 0 Å². The molecule has 3 nitrogen and oxygen atoms in total. The monoisotopic (exact) mass is 803 g/mol. The van der Waals surface area contributed by atoms with Gasteiger partial charge in [-0.15, -0.1) is 0 Å². The second-order valence-corrected chi connectivity index (χ2v) is 18.0. The zero-order valence-electron chi connectivity index (χ0n) is 33.2. The molecule has 0 spiro atoms. The number of anilines is 8. The number of hydrogen-bond acceptors (Lipinski definition) is 5. The molecule has 0 radical (unpaired) electrons. The van der Waals surface area contributed by atoms with Gasteiger partial charge < -0.3 is 14.6 Å². The Balaban J connectivity index is 1.21. The van der Waals surface area contributed by atoms with Crippen molar-refractivity contribution in [2.75, 3.05) is 14.6 Å². The quantitative estimate of drug-likeness (QED) is 0.160. The zero-order valence-corrected chi connectivity index (χ0v) is 34.8. The Morgan fingerprint density at radius 3 is 1.70 bits per heavy atom. The lowest BCUT2D eigenvalue weighted by Gasteiger charge is -2.47. The third kappa shape index (κ3) is 5.48. The highest BCUT2D eigenvalue weighted by Gasteiger charge is 2.47. The van der Waals surface area contributed by atoms with Crippen molar-refractivity contribution in [3.63, 3.8) is 0 Å². The summed E-state index contributed by atoms with van der Waals surface area (Å²) in [6, 6.07) is 71.8. The predicted molar refractivity (Wildman–Crippen MR) is 257 cm³/mol. The van der Waals surface area contributed by atoms with Gasteiger partial charge in [-0.25, -0.2) is 0 Å². The second kappa shape index (κ2) is 14.0. The van der Waals surface area contributed by atoms with Crippen molar-refractivity contribution in [1.82, 2.24) is 0 Å². The number of hydrogen-bond donors (Lipinski definition) is 0. The summed E-state index contributed by atoms with van der Waals surface area (Å²) >= 11 is 3.79. The van der Waals surface area contributed by atoms with Crippen molar-refractivity contribution in [3.05, 3.63) is 205 Å². The fourth-order valence-corrected chi connectivity index (χ4v) is 11.9. The minimum Gasteiger partial charge on any atom is -0.376 e. The predicted octanol–water partition coefficient (Wildman–Crippen LogP) is 14.2. The average Bonchev–Trinajstić information content (AvgIpc) is 3.29. The Kier molecular flexibility index (Phi) is 8.26. The lowest BCUT2D eigenvalue weighted by atomic mass is 9.43. The smallest absolute Gasteiger partial charge is 0.333 e. The summed E-state index contributed by atoms with van der Waals surface area (Å²) in [5.41, 5.74) is 17.1. The van der Waals surface area contributed by atoms with E-state index in [2.05, 4.69) is 223 Å². The number of fused-ring (bicyclic) bond motifs is 8. The van der Waals surface area contributed by atoms with Gasteiger partial charge in [0, 0.05) is 70.6 Å². The maximum absolute atomic E-state index is 2.67. The zero-order chi connectivity index (χ0) is 39.9. The van der Waals surface area contributed by atoms with Crippen LogP contribution in [0.5, 0.6) is 0 Å². The van der Waals surface area contributed by atoms with Gasteiger partial charge in [-0.05, 0) is 137 Å². The Labute approximate surface area is 360 Å². The van der Waals surface area contributed by atoms with Crippen LogP contribution in [0.15, 0.2) is 214 Å². The molecule has 284 valence electrons. The molecular formula is C54H38BN3S2. The molecule has 0 amide bonds. The van der Waals surface area contributed by atoms with E-state index in [1.807, 2.05) is 23.5 Å². The van der Waals surface area contributed by atoms with Gasteiger partial charge in [0.05, 0.1) is 0 Å². The van der Waals surface area contributed by atoms with E-state index in [4.69, 9.17) is 0 Å². The van der Waals surface area contributed by atoms with Crippen LogP contribution >= 0.6 is 23.5 Å². The number of nitrogens with zero attached hydrogens (tertiary/aromatic N) is 3. The molecule has 0 unspecified atom stereocenters. The molecule has 0 aliphatic carbocycles. The van der Waals surface area contributed by atoms with E-state index in [0.29, 0.717) is 0 Å². The minimum absolute atomic E-state index is 0.136. The number of benzene rings is 9. The van der Waals surface area contributed by atoms with Crippen LogP contribution in [0, 0.1) is 13.8 Å². The summed E-state index contributed by atoms with van der Waals surface area (Å²) in [6.45, 7) is 4.37. The van der Waals surface area contributed by atoms with Crippen LogP contribution in [0.4, 0.5) is 45.5 Å². The molecule has 9 aromatic carbocycles. The summed E-state index contributed by atoms with van der Waals surface area (Å²) < 4.78 is 0. The van der Waals surface area contributed by atoms with Gasteiger partial charge in [-0.1, -0.05) is 133 Å². The van der Waals surface area contributed by atoms with Crippen molar-refractivity contribution < 1.29 is 0 Å². The van der Waals surface area contributed by atoms with E-state index in [0.717, 1.165) is 17.1 Å². The van der Waals surface area contributed by atoms with E-state index in [1.165, 1.54) is 92.0 Å². The Morgan fingerprint density at radius 2 is 1.02 bits per heavy atom. The highest BCUT2D eigenvalue weighted by molar-refractivity contribution is 8.05. The first kappa shape index (κ1) is 35.4. The van der Waals surface area contributed by atoms with Crippen LogP contribution in [0.2, 0.25) is 0 Å². The van der Waals surface area contributed by atoms with Gasteiger partial charge in [0.1, 0.15) is 0 Å². The van der Waals surface area contributed by atoms with Crippen LogP contribution in [-0.4, -0.2) is 6.85 Å². The standard InChI is InChI=1S/C54H38BN3S2/c1-35-17-9-13-25-44(35)57-46-30-29-40(56(38-20-5-3-6-21-38)39-22-7-4-8-23-39)32-43(46)55-54-48(57)31-37-19-11-12-24-41(37)53(54)42-33-51-52(60-50-28-16-15-27-49(50)59-51)34-47(42)58(55)45-26-14-10-18-36(45)2/h3-34H,1-2H3. The van der Waals surface area contributed by atoms with Crippen LogP contribution in [0.3, 0.4) is 0 Å². The number of para-hydroxylation sites is 4. The Morgan fingerprint density at radius 1 is 0.433 bits per heavy atom. The molecule has 3 aliphatic heterocycles. The Bertz CT molecular complexity index is 3130. The normalized spacial score (nSPS) is 13.3. The van der Waals surface area contributed by atoms with Gasteiger partial charge in [-0.3, -0.25) is 0 Å². The van der Waals surface area contributed by atoms with E-state index in [-0.39, 0.29) is 6.85 Å². The van der Waals surface area contributed by atoms with Crippen molar-refractivity contribution >= 4 is 97.6 Å².